The lowest BCUT2D eigenvalue weighted by Gasteiger charge is -2.04. The smallest absolute Gasteiger partial charge is 0.0579 e. The normalized spacial score (nSPS) is 12.1. The number of rotatable bonds is 6. The van der Waals surface area contributed by atoms with E-state index in [2.05, 4.69) is 22.5 Å². The molecule has 0 aromatic heterocycles. The molecular formula is C14H16BrCl. The van der Waals surface area contributed by atoms with E-state index in [1.807, 2.05) is 36.4 Å². The van der Waals surface area contributed by atoms with E-state index >= 15 is 0 Å². The van der Waals surface area contributed by atoms with Gasteiger partial charge in [0.25, 0.3) is 0 Å². The van der Waals surface area contributed by atoms with Crippen molar-refractivity contribution in [3.8, 4) is 0 Å². The number of unbranched alkanes of at least 4 members (excludes halogenated alkanes) is 2. The van der Waals surface area contributed by atoms with E-state index in [1.54, 1.807) is 0 Å². The fourth-order valence-electron chi connectivity index (χ4n) is 1.42. The number of hydrogen-bond acceptors (Lipinski definition) is 0. The average Bonchev–Trinajstić information content (AvgIpc) is 2.34. The van der Waals surface area contributed by atoms with Gasteiger partial charge in [0.2, 0.25) is 0 Å². The van der Waals surface area contributed by atoms with E-state index in [4.69, 9.17) is 11.6 Å². The van der Waals surface area contributed by atoms with Crippen LogP contribution in [-0.2, 0) is 0 Å². The van der Waals surface area contributed by atoms with Crippen LogP contribution in [0.15, 0.2) is 47.5 Å². The SMILES string of the molecule is C=CCCCC/C(Br)=C(/Cl)c1ccccc1. The van der Waals surface area contributed by atoms with Crippen LogP contribution in [0.4, 0.5) is 0 Å². The molecule has 0 unspecified atom stereocenters. The Bertz CT molecular complexity index is 354. The van der Waals surface area contributed by atoms with Crippen LogP contribution >= 0.6 is 27.5 Å². The van der Waals surface area contributed by atoms with Gasteiger partial charge in [0, 0.05) is 4.48 Å². The maximum absolute atomic E-state index is 6.28. The Hall–Kier alpha value is -0.530. The molecule has 0 spiro atoms. The Kier molecular flexibility index (Phi) is 6.51. The van der Waals surface area contributed by atoms with Gasteiger partial charge in [0.1, 0.15) is 0 Å². The van der Waals surface area contributed by atoms with Crippen molar-refractivity contribution >= 4 is 32.6 Å². The zero-order valence-corrected chi connectivity index (χ0v) is 11.6. The van der Waals surface area contributed by atoms with E-state index in [0.29, 0.717) is 0 Å². The van der Waals surface area contributed by atoms with E-state index in [9.17, 15) is 0 Å². The second-order valence-electron chi connectivity index (χ2n) is 3.62. The average molecular weight is 300 g/mol. The second-order valence-corrected chi connectivity index (χ2v) is 4.95. The van der Waals surface area contributed by atoms with Gasteiger partial charge in [-0.3, -0.25) is 0 Å². The van der Waals surface area contributed by atoms with Gasteiger partial charge in [0.05, 0.1) is 5.03 Å². The van der Waals surface area contributed by atoms with Gasteiger partial charge in [-0.15, -0.1) is 6.58 Å². The Morgan fingerprint density at radius 3 is 2.56 bits per heavy atom. The minimum absolute atomic E-state index is 0.819. The molecule has 0 nitrogen and oxygen atoms in total. The van der Waals surface area contributed by atoms with Crippen molar-refractivity contribution in [3.05, 3.63) is 53.0 Å². The van der Waals surface area contributed by atoms with Crippen LogP contribution < -0.4 is 0 Å². The van der Waals surface area contributed by atoms with Crippen LogP contribution in [0, 0.1) is 0 Å². The van der Waals surface area contributed by atoms with Crippen molar-refractivity contribution in [1.82, 2.24) is 0 Å². The van der Waals surface area contributed by atoms with Crippen molar-refractivity contribution in [2.24, 2.45) is 0 Å². The zero-order valence-electron chi connectivity index (χ0n) is 9.26. The summed E-state index contributed by atoms with van der Waals surface area (Å²) in [5.74, 6) is 0. The predicted octanol–water partition coefficient (Wildman–Crippen LogP) is 5.74. The molecule has 0 aliphatic rings. The summed E-state index contributed by atoms with van der Waals surface area (Å²) in [6, 6.07) is 10.0. The first-order chi connectivity index (χ1) is 7.75. The molecule has 0 heterocycles. The maximum atomic E-state index is 6.28. The molecule has 0 atom stereocenters. The molecule has 2 heteroatoms. The number of benzene rings is 1. The van der Waals surface area contributed by atoms with Crippen LogP contribution in [0.2, 0.25) is 0 Å². The quantitative estimate of drug-likeness (QED) is 0.464. The molecule has 0 saturated carbocycles. The third kappa shape index (κ3) is 4.54. The summed E-state index contributed by atoms with van der Waals surface area (Å²) < 4.78 is 1.09. The van der Waals surface area contributed by atoms with Crippen LogP contribution in [0.1, 0.15) is 31.2 Å². The summed E-state index contributed by atoms with van der Waals surface area (Å²) in [5, 5.41) is 0.819. The summed E-state index contributed by atoms with van der Waals surface area (Å²) in [6.45, 7) is 3.71. The highest BCUT2D eigenvalue weighted by Crippen LogP contribution is 2.29. The van der Waals surface area contributed by atoms with Crippen LogP contribution in [0.25, 0.3) is 5.03 Å². The minimum Gasteiger partial charge on any atom is -0.103 e. The van der Waals surface area contributed by atoms with Crippen LogP contribution in [0.3, 0.4) is 0 Å². The van der Waals surface area contributed by atoms with Crippen molar-refractivity contribution in [2.75, 3.05) is 0 Å². The maximum Gasteiger partial charge on any atom is 0.0579 e. The van der Waals surface area contributed by atoms with Gasteiger partial charge in [0.15, 0.2) is 0 Å². The second kappa shape index (κ2) is 7.70. The van der Waals surface area contributed by atoms with E-state index in [1.165, 1.54) is 0 Å². The summed E-state index contributed by atoms with van der Waals surface area (Å²) in [5.41, 5.74) is 1.07. The molecule has 0 aliphatic heterocycles. The number of hydrogen-bond donors (Lipinski definition) is 0. The molecule has 1 rings (SSSR count). The lowest BCUT2D eigenvalue weighted by molar-refractivity contribution is 0.761. The summed E-state index contributed by atoms with van der Waals surface area (Å²) in [7, 11) is 0. The highest BCUT2D eigenvalue weighted by atomic mass is 79.9. The van der Waals surface area contributed by atoms with E-state index in [0.717, 1.165) is 40.8 Å². The first-order valence-corrected chi connectivity index (χ1v) is 6.63. The van der Waals surface area contributed by atoms with Crippen LogP contribution in [0.5, 0.6) is 0 Å². The van der Waals surface area contributed by atoms with Gasteiger partial charge in [-0.05, 0) is 31.2 Å². The highest BCUT2D eigenvalue weighted by Gasteiger charge is 2.03. The first kappa shape index (κ1) is 13.5. The molecule has 1 aromatic rings. The third-order valence-corrected chi connectivity index (χ3v) is 3.79. The summed E-state index contributed by atoms with van der Waals surface area (Å²) in [6.07, 6.45) is 6.31. The summed E-state index contributed by atoms with van der Waals surface area (Å²) in [4.78, 5) is 0. The molecule has 16 heavy (non-hydrogen) atoms. The lowest BCUT2D eigenvalue weighted by atomic mass is 10.1. The molecule has 0 fully saturated rings. The molecule has 1 aromatic carbocycles. The Morgan fingerprint density at radius 2 is 1.94 bits per heavy atom. The molecule has 0 N–H and O–H groups in total. The lowest BCUT2D eigenvalue weighted by Crippen LogP contribution is -1.82. The Labute approximate surface area is 111 Å². The Balaban J connectivity index is 2.55. The van der Waals surface area contributed by atoms with Crippen LogP contribution in [-0.4, -0.2) is 0 Å². The van der Waals surface area contributed by atoms with Gasteiger partial charge in [-0.1, -0.05) is 63.9 Å². The number of halogens is 2. The summed E-state index contributed by atoms with van der Waals surface area (Å²) >= 11 is 9.84. The zero-order chi connectivity index (χ0) is 11.8. The third-order valence-electron chi connectivity index (χ3n) is 2.32. The van der Waals surface area contributed by atoms with E-state index in [-0.39, 0.29) is 0 Å². The molecule has 86 valence electrons. The Morgan fingerprint density at radius 1 is 1.25 bits per heavy atom. The van der Waals surface area contributed by atoms with Crippen molar-refractivity contribution in [3.63, 3.8) is 0 Å². The van der Waals surface area contributed by atoms with Crippen molar-refractivity contribution < 1.29 is 0 Å². The molecule has 0 amide bonds. The molecule has 0 radical (unpaired) electrons. The minimum atomic E-state index is 0.819. The van der Waals surface area contributed by atoms with Gasteiger partial charge < -0.3 is 0 Å². The first-order valence-electron chi connectivity index (χ1n) is 5.46. The van der Waals surface area contributed by atoms with Gasteiger partial charge >= 0.3 is 0 Å². The molecule has 0 saturated heterocycles. The van der Waals surface area contributed by atoms with Crippen molar-refractivity contribution in [2.45, 2.75) is 25.7 Å². The fraction of sp³-hybridized carbons (Fsp3) is 0.286. The predicted molar refractivity (Wildman–Crippen MR) is 76.8 cm³/mol. The van der Waals surface area contributed by atoms with E-state index < -0.39 is 0 Å². The fourth-order valence-corrected chi connectivity index (χ4v) is 2.15. The highest BCUT2D eigenvalue weighted by molar-refractivity contribution is 9.11. The largest absolute Gasteiger partial charge is 0.103 e. The monoisotopic (exact) mass is 298 g/mol. The standard InChI is InChI=1S/C14H16BrCl/c1-2-3-4-8-11-13(15)14(16)12-9-6-5-7-10-12/h2,5-7,9-10H,1,3-4,8,11H2/b14-13-. The number of allylic oxidation sites excluding steroid dienone is 2. The molecule has 0 bridgehead atoms. The van der Waals surface area contributed by atoms with Gasteiger partial charge in [-0.2, -0.15) is 0 Å². The van der Waals surface area contributed by atoms with Gasteiger partial charge in [-0.25, -0.2) is 0 Å². The van der Waals surface area contributed by atoms with Crippen molar-refractivity contribution in [1.29, 1.82) is 0 Å². The molecule has 0 aliphatic carbocycles. The molecular weight excluding hydrogens is 284 g/mol. The topological polar surface area (TPSA) is 0 Å².